The molecule has 3 rings (SSSR count). The molecule has 23 heavy (non-hydrogen) atoms. The second-order valence-electron chi connectivity index (χ2n) is 6.36. The molecule has 0 bridgehead atoms. The van der Waals surface area contributed by atoms with Gasteiger partial charge in [-0.3, -0.25) is 9.59 Å². The fourth-order valence-corrected chi connectivity index (χ4v) is 3.12. The molecule has 0 atom stereocenters. The molecule has 2 heterocycles. The topological polar surface area (TPSA) is 62.1 Å². The van der Waals surface area contributed by atoms with Crippen LogP contribution in [0.25, 0.3) is 0 Å². The number of amides is 2. The highest BCUT2D eigenvalue weighted by Gasteiger charge is 2.55. The summed E-state index contributed by atoms with van der Waals surface area (Å²) in [4.78, 5) is 26.6. The van der Waals surface area contributed by atoms with Gasteiger partial charge in [-0.15, -0.1) is 10.2 Å². The highest BCUT2D eigenvalue weighted by Crippen LogP contribution is 2.42. The second-order valence-corrected chi connectivity index (χ2v) is 6.36. The average molecular weight is 313 g/mol. The lowest BCUT2D eigenvalue weighted by Crippen LogP contribution is -2.42. The molecule has 0 N–H and O–H groups in total. The van der Waals surface area contributed by atoms with Gasteiger partial charge in [0.05, 0.1) is 11.1 Å². The first-order chi connectivity index (χ1) is 11.1. The summed E-state index contributed by atoms with van der Waals surface area (Å²) in [6, 6.07) is 5.62. The van der Waals surface area contributed by atoms with E-state index < -0.39 is 5.79 Å². The van der Waals surface area contributed by atoms with Gasteiger partial charge in [0.2, 0.25) is 0 Å². The van der Waals surface area contributed by atoms with Crippen LogP contribution < -0.4 is 0 Å². The third-order valence-corrected chi connectivity index (χ3v) is 4.57. The van der Waals surface area contributed by atoms with E-state index in [0.717, 1.165) is 31.2 Å². The maximum Gasteiger partial charge on any atom is 0.274 e. The molecule has 1 aromatic rings. The number of hydrogen-bond donors (Lipinski definition) is 0. The Balaban J connectivity index is 1.80. The number of unbranched alkanes of at least 4 members (excludes halogenated alkanes) is 3. The van der Waals surface area contributed by atoms with Crippen molar-refractivity contribution in [1.82, 2.24) is 4.90 Å². The van der Waals surface area contributed by atoms with Crippen LogP contribution in [0, 0.1) is 0 Å². The van der Waals surface area contributed by atoms with Gasteiger partial charge in [-0.05, 0) is 37.0 Å². The van der Waals surface area contributed by atoms with E-state index in [9.17, 15) is 9.59 Å². The Morgan fingerprint density at radius 2 is 1.65 bits per heavy atom. The van der Waals surface area contributed by atoms with E-state index >= 15 is 0 Å². The average Bonchev–Trinajstić information content (AvgIpc) is 3.28. The number of nitrogens with zero attached hydrogens (tertiary/aromatic N) is 3. The molecule has 122 valence electrons. The SMILES string of the molecule is CCCCCc1ccc2c(c1)C(=O)N(C1(CCCC)N=N1)C2=O. The standard InChI is InChI=1S/C18H23N3O2/c1-3-5-7-8-13-9-10-14-15(12-13)17(23)21(16(14)22)18(19-20-18)11-6-4-2/h9-10,12H,3-8,11H2,1-2H3. The maximum absolute atomic E-state index is 12.7. The van der Waals surface area contributed by atoms with E-state index in [2.05, 4.69) is 24.1 Å². The van der Waals surface area contributed by atoms with Crippen molar-refractivity contribution in [3.05, 3.63) is 34.9 Å². The lowest BCUT2D eigenvalue weighted by molar-refractivity contribution is 0.0527. The van der Waals surface area contributed by atoms with Gasteiger partial charge in [-0.1, -0.05) is 39.2 Å². The summed E-state index contributed by atoms with van der Waals surface area (Å²) in [5, 5.41) is 8.06. The first-order valence-corrected chi connectivity index (χ1v) is 8.59. The smallest absolute Gasteiger partial charge is 0.268 e. The Bertz CT molecular complexity index is 660. The lowest BCUT2D eigenvalue weighted by Gasteiger charge is -2.20. The van der Waals surface area contributed by atoms with E-state index in [0.29, 0.717) is 17.5 Å². The highest BCUT2D eigenvalue weighted by atomic mass is 16.2. The molecule has 5 nitrogen and oxygen atoms in total. The predicted molar refractivity (Wildman–Crippen MR) is 87.3 cm³/mol. The minimum Gasteiger partial charge on any atom is -0.268 e. The number of aryl methyl sites for hydroxylation is 1. The van der Waals surface area contributed by atoms with Crippen molar-refractivity contribution in [3.8, 4) is 0 Å². The van der Waals surface area contributed by atoms with Crippen molar-refractivity contribution in [1.29, 1.82) is 0 Å². The molecule has 1 aromatic carbocycles. The molecule has 5 heteroatoms. The zero-order chi connectivity index (χ0) is 16.4. The number of carbonyl (C=O) groups is 2. The van der Waals surface area contributed by atoms with Crippen molar-refractivity contribution < 1.29 is 9.59 Å². The van der Waals surface area contributed by atoms with Crippen LogP contribution in [-0.2, 0) is 6.42 Å². The molecule has 0 aliphatic carbocycles. The minimum atomic E-state index is -0.925. The van der Waals surface area contributed by atoms with Gasteiger partial charge in [-0.2, -0.15) is 0 Å². The van der Waals surface area contributed by atoms with E-state index in [-0.39, 0.29) is 11.8 Å². The molecule has 2 aliphatic rings. The lowest BCUT2D eigenvalue weighted by atomic mass is 10.0. The van der Waals surface area contributed by atoms with E-state index in [1.807, 2.05) is 12.1 Å². The fraction of sp³-hybridized carbons (Fsp3) is 0.556. The Labute approximate surface area is 136 Å². The van der Waals surface area contributed by atoms with Crippen LogP contribution in [0.1, 0.15) is 78.7 Å². The molecule has 2 amide bonds. The highest BCUT2D eigenvalue weighted by molar-refractivity contribution is 6.22. The molecule has 0 spiro atoms. The first-order valence-electron chi connectivity index (χ1n) is 8.59. The molecule has 0 saturated heterocycles. The quantitative estimate of drug-likeness (QED) is 0.530. The minimum absolute atomic E-state index is 0.247. The molecular weight excluding hydrogens is 290 g/mol. The fourth-order valence-electron chi connectivity index (χ4n) is 3.12. The van der Waals surface area contributed by atoms with Crippen LogP contribution in [-0.4, -0.2) is 22.5 Å². The van der Waals surface area contributed by atoms with E-state index in [1.54, 1.807) is 6.07 Å². The number of fused-ring (bicyclic) bond motifs is 1. The van der Waals surface area contributed by atoms with Crippen LogP contribution in [0.4, 0.5) is 0 Å². The molecule has 0 aromatic heterocycles. The molecule has 2 aliphatic heterocycles. The number of benzene rings is 1. The van der Waals surface area contributed by atoms with Gasteiger partial charge in [0.1, 0.15) is 0 Å². The summed E-state index contributed by atoms with van der Waals surface area (Å²) < 4.78 is 0. The largest absolute Gasteiger partial charge is 0.274 e. The van der Waals surface area contributed by atoms with Gasteiger partial charge < -0.3 is 0 Å². The number of hydrogen-bond acceptors (Lipinski definition) is 4. The summed E-state index contributed by atoms with van der Waals surface area (Å²) in [7, 11) is 0. The van der Waals surface area contributed by atoms with Crippen LogP contribution in [0.2, 0.25) is 0 Å². The summed E-state index contributed by atoms with van der Waals surface area (Å²) in [5.41, 5.74) is 2.12. The zero-order valence-electron chi connectivity index (χ0n) is 13.8. The molecule has 0 radical (unpaired) electrons. The molecule has 0 fully saturated rings. The van der Waals surface area contributed by atoms with E-state index in [1.165, 1.54) is 17.7 Å². The number of imide groups is 1. The van der Waals surface area contributed by atoms with Crippen molar-refractivity contribution in [2.45, 2.75) is 64.6 Å². The third kappa shape index (κ3) is 2.80. The van der Waals surface area contributed by atoms with Gasteiger partial charge in [0.15, 0.2) is 0 Å². The maximum atomic E-state index is 12.7. The van der Waals surface area contributed by atoms with Crippen molar-refractivity contribution in [2.24, 2.45) is 10.2 Å². The molecule has 0 unspecified atom stereocenters. The van der Waals surface area contributed by atoms with Crippen molar-refractivity contribution >= 4 is 11.8 Å². The van der Waals surface area contributed by atoms with Crippen LogP contribution in [0.15, 0.2) is 28.4 Å². The Morgan fingerprint density at radius 1 is 0.957 bits per heavy atom. The summed E-state index contributed by atoms with van der Waals surface area (Å²) in [6.07, 6.45) is 6.89. The number of rotatable bonds is 8. The number of carbonyl (C=O) groups excluding carboxylic acids is 2. The summed E-state index contributed by atoms with van der Waals surface area (Å²) in [5.74, 6) is -1.43. The van der Waals surface area contributed by atoms with Crippen LogP contribution in [0.5, 0.6) is 0 Å². The Hall–Kier alpha value is -2.04. The summed E-state index contributed by atoms with van der Waals surface area (Å²) >= 11 is 0. The Kier molecular flexibility index (Phi) is 4.28. The third-order valence-electron chi connectivity index (χ3n) is 4.57. The molecular formula is C18H23N3O2. The first kappa shape index (κ1) is 15.8. The molecule has 0 saturated carbocycles. The zero-order valence-corrected chi connectivity index (χ0v) is 13.8. The van der Waals surface area contributed by atoms with Gasteiger partial charge in [0.25, 0.3) is 17.6 Å². The van der Waals surface area contributed by atoms with Crippen LogP contribution >= 0.6 is 0 Å². The van der Waals surface area contributed by atoms with Crippen molar-refractivity contribution in [2.75, 3.05) is 0 Å². The monoisotopic (exact) mass is 313 g/mol. The van der Waals surface area contributed by atoms with Gasteiger partial charge in [0, 0.05) is 6.42 Å². The van der Waals surface area contributed by atoms with Crippen molar-refractivity contribution in [3.63, 3.8) is 0 Å². The van der Waals surface area contributed by atoms with E-state index in [4.69, 9.17) is 0 Å². The predicted octanol–water partition coefficient (Wildman–Crippen LogP) is 4.33. The van der Waals surface area contributed by atoms with Gasteiger partial charge >= 0.3 is 0 Å². The van der Waals surface area contributed by atoms with Crippen LogP contribution in [0.3, 0.4) is 0 Å². The normalized spacial score (nSPS) is 17.7. The van der Waals surface area contributed by atoms with Gasteiger partial charge in [-0.25, -0.2) is 4.90 Å². The summed E-state index contributed by atoms with van der Waals surface area (Å²) in [6.45, 7) is 4.24. The Morgan fingerprint density at radius 3 is 2.30 bits per heavy atom. The second kappa shape index (κ2) is 6.22.